The monoisotopic (exact) mass is 407 g/mol. The smallest absolute Gasteiger partial charge is 0.416 e. The molecule has 9 heteroatoms. The van der Waals surface area contributed by atoms with E-state index in [4.69, 9.17) is 9.47 Å². The molecule has 28 heavy (non-hydrogen) atoms. The van der Waals surface area contributed by atoms with Crippen LogP contribution >= 0.6 is 0 Å². The van der Waals surface area contributed by atoms with Crippen molar-refractivity contribution in [2.45, 2.75) is 55.8 Å². The second kappa shape index (κ2) is 7.50. The third kappa shape index (κ3) is 4.24. The molecule has 1 saturated carbocycles. The first kappa shape index (κ1) is 20.8. The number of methoxy groups -OCH3 is 1. The number of nitrogens with zero attached hydrogens (tertiary/aromatic N) is 1. The minimum Gasteiger partial charge on any atom is -0.489 e. The number of hydrogen-bond donors (Lipinski definition) is 0. The molecule has 0 spiro atoms. The third-order valence-electron chi connectivity index (χ3n) is 5.59. The fourth-order valence-corrected chi connectivity index (χ4v) is 4.02. The Hall–Kier alpha value is -1.90. The first-order chi connectivity index (χ1) is 13.1. The molecule has 2 fully saturated rings. The molecule has 1 saturated heterocycles. The molecule has 0 aromatic heterocycles. The van der Waals surface area contributed by atoms with E-state index in [1.165, 1.54) is 19.2 Å². The van der Waals surface area contributed by atoms with Gasteiger partial charge in [0.15, 0.2) is 0 Å². The highest BCUT2D eigenvalue weighted by Crippen LogP contribution is 2.43. The zero-order chi connectivity index (χ0) is 20.6. The number of carbonyl (C=O) groups is 1. The quantitative estimate of drug-likeness (QED) is 0.552. The Labute approximate surface area is 159 Å². The molecule has 0 radical (unpaired) electrons. The van der Waals surface area contributed by atoms with Gasteiger partial charge in [0.2, 0.25) is 5.92 Å². The third-order valence-corrected chi connectivity index (χ3v) is 5.59. The fourth-order valence-electron chi connectivity index (χ4n) is 4.02. The van der Waals surface area contributed by atoms with Crippen molar-refractivity contribution in [1.82, 2.24) is 4.90 Å². The van der Waals surface area contributed by atoms with Crippen LogP contribution in [0.3, 0.4) is 0 Å². The Morgan fingerprint density at radius 2 is 1.86 bits per heavy atom. The molecule has 1 aliphatic heterocycles. The average molecular weight is 407 g/mol. The summed E-state index contributed by atoms with van der Waals surface area (Å²) in [6.45, 7) is 0.682. The molecule has 0 amide bonds. The van der Waals surface area contributed by atoms with Crippen LogP contribution in [0.5, 0.6) is 5.75 Å². The van der Waals surface area contributed by atoms with E-state index < -0.39 is 48.1 Å². The van der Waals surface area contributed by atoms with E-state index >= 15 is 0 Å². The number of likely N-dealkylation sites (tertiary alicyclic amines) is 1. The maximum atomic E-state index is 13.6. The topological polar surface area (TPSA) is 38.8 Å². The van der Waals surface area contributed by atoms with E-state index in [-0.39, 0.29) is 25.1 Å². The van der Waals surface area contributed by atoms with Gasteiger partial charge in [-0.3, -0.25) is 9.69 Å². The van der Waals surface area contributed by atoms with Gasteiger partial charge < -0.3 is 9.47 Å². The van der Waals surface area contributed by atoms with Crippen LogP contribution in [0.15, 0.2) is 24.3 Å². The molecule has 0 N–H and O–H groups in total. The van der Waals surface area contributed by atoms with Crippen LogP contribution < -0.4 is 4.74 Å². The van der Waals surface area contributed by atoms with Gasteiger partial charge in [-0.05, 0) is 37.5 Å². The van der Waals surface area contributed by atoms with Crippen LogP contribution in [0.25, 0.3) is 0 Å². The van der Waals surface area contributed by atoms with E-state index in [1.807, 2.05) is 0 Å². The Bertz CT molecular complexity index is 712. The molecule has 1 aliphatic carbocycles. The number of benzene rings is 1. The molecule has 1 aromatic rings. The maximum Gasteiger partial charge on any atom is 0.416 e. The number of halogens is 5. The van der Waals surface area contributed by atoms with Crippen LogP contribution in [0, 0.1) is 0 Å². The van der Waals surface area contributed by atoms with Gasteiger partial charge in [0.1, 0.15) is 17.4 Å². The van der Waals surface area contributed by atoms with Crippen LogP contribution in [0.4, 0.5) is 22.0 Å². The summed E-state index contributed by atoms with van der Waals surface area (Å²) < 4.78 is 76.4. The summed E-state index contributed by atoms with van der Waals surface area (Å²) in [5.41, 5.74) is -1.94. The van der Waals surface area contributed by atoms with Crippen molar-refractivity contribution < 1.29 is 36.2 Å². The number of esters is 1. The van der Waals surface area contributed by atoms with E-state index in [9.17, 15) is 26.7 Å². The molecule has 1 aromatic carbocycles. The van der Waals surface area contributed by atoms with E-state index in [2.05, 4.69) is 0 Å². The van der Waals surface area contributed by atoms with Gasteiger partial charge in [-0.15, -0.1) is 0 Å². The van der Waals surface area contributed by atoms with Gasteiger partial charge in [-0.1, -0.05) is 6.07 Å². The Morgan fingerprint density at radius 3 is 2.46 bits per heavy atom. The molecule has 0 unspecified atom stereocenters. The standard InChI is InChI=1S/C19H22F5NO3/c1-27-16(26)17(6-8-18(20,21)9-7-17)25-10-5-15(12-25)28-14-4-2-3-13(11-14)19(22,23)24/h2-4,11,15H,5-10,12H2,1H3/t15-/m1/s1. The summed E-state index contributed by atoms with van der Waals surface area (Å²) in [6, 6.07) is 4.60. The molecular formula is C19H22F5NO3. The fraction of sp³-hybridized carbons (Fsp3) is 0.632. The highest BCUT2D eigenvalue weighted by atomic mass is 19.4. The van der Waals surface area contributed by atoms with Gasteiger partial charge in [0, 0.05) is 25.9 Å². The molecule has 3 rings (SSSR count). The molecule has 156 valence electrons. The summed E-state index contributed by atoms with van der Waals surface area (Å²) in [5, 5.41) is 0. The normalized spacial score (nSPS) is 24.7. The van der Waals surface area contributed by atoms with Crippen molar-refractivity contribution >= 4 is 5.97 Å². The number of rotatable bonds is 4. The molecule has 2 aliphatic rings. The summed E-state index contributed by atoms with van der Waals surface area (Å²) in [4.78, 5) is 14.2. The van der Waals surface area contributed by atoms with Gasteiger partial charge in [0.05, 0.1) is 12.7 Å². The zero-order valence-corrected chi connectivity index (χ0v) is 15.4. The average Bonchev–Trinajstić information content (AvgIpc) is 3.10. The van der Waals surface area contributed by atoms with Gasteiger partial charge in [-0.25, -0.2) is 8.78 Å². The number of carbonyl (C=O) groups excluding carboxylic acids is 1. The summed E-state index contributed by atoms with van der Waals surface area (Å²) in [5.74, 6) is -3.27. The molecule has 0 bridgehead atoms. The largest absolute Gasteiger partial charge is 0.489 e. The maximum absolute atomic E-state index is 13.6. The van der Waals surface area contributed by atoms with Crippen LogP contribution in [-0.2, 0) is 15.7 Å². The van der Waals surface area contributed by atoms with Crippen molar-refractivity contribution in [3.8, 4) is 5.75 Å². The number of alkyl halides is 5. The lowest BCUT2D eigenvalue weighted by Crippen LogP contribution is -2.57. The first-order valence-electron chi connectivity index (χ1n) is 9.11. The molecular weight excluding hydrogens is 385 g/mol. The van der Waals surface area contributed by atoms with E-state index in [1.54, 1.807) is 4.90 Å². The molecule has 1 heterocycles. The van der Waals surface area contributed by atoms with Crippen molar-refractivity contribution in [2.75, 3.05) is 20.2 Å². The Balaban J connectivity index is 1.71. The highest BCUT2D eigenvalue weighted by Gasteiger charge is 2.53. The lowest BCUT2D eigenvalue weighted by Gasteiger charge is -2.43. The second-order valence-corrected chi connectivity index (χ2v) is 7.38. The van der Waals surface area contributed by atoms with E-state index in [0.717, 1.165) is 12.1 Å². The molecule has 1 atom stereocenters. The second-order valence-electron chi connectivity index (χ2n) is 7.38. The van der Waals surface area contributed by atoms with Gasteiger partial charge in [-0.2, -0.15) is 13.2 Å². The van der Waals surface area contributed by atoms with Crippen LogP contribution in [0.1, 0.15) is 37.7 Å². The predicted octanol–water partition coefficient (Wildman–Crippen LogP) is 4.28. The number of hydrogen-bond acceptors (Lipinski definition) is 4. The summed E-state index contributed by atoms with van der Waals surface area (Å²) in [7, 11) is 1.23. The highest BCUT2D eigenvalue weighted by molar-refractivity contribution is 5.81. The lowest BCUT2D eigenvalue weighted by atomic mass is 9.78. The SMILES string of the molecule is COC(=O)C1(N2CC[C@@H](Oc3cccc(C(F)(F)F)c3)C2)CCC(F)(F)CC1. The van der Waals surface area contributed by atoms with E-state index in [0.29, 0.717) is 13.0 Å². The van der Waals surface area contributed by atoms with Crippen LogP contribution in [-0.4, -0.2) is 48.6 Å². The minimum absolute atomic E-state index is 0.0248. The van der Waals surface area contributed by atoms with Gasteiger partial charge >= 0.3 is 12.1 Å². The van der Waals surface area contributed by atoms with Gasteiger partial charge in [0.25, 0.3) is 0 Å². The van der Waals surface area contributed by atoms with Crippen molar-refractivity contribution in [3.63, 3.8) is 0 Å². The summed E-state index contributed by atoms with van der Waals surface area (Å²) in [6.07, 6.45) is -5.29. The van der Waals surface area contributed by atoms with Crippen molar-refractivity contribution in [3.05, 3.63) is 29.8 Å². The summed E-state index contributed by atoms with van der Waals surface area (Å²) >= 11 is 0. The van der Waals surface area contributed by atoms with Crippen molar-refractivity contribution in [1.29, 1.82) is 0 Å². The Kier molecular flexibility index (Phi) is 5.58. The minimum atomic E-state index is -4.47. The lowest BCUT2D eigenvalue weighted by molar-refractivity contribution is -0.163. The molecule has 4 nitrogen and oxygen atoms in total. The zero-order valence-electron chi connectivity index (χ0n) is 15.4. The predicted molar refractivity (Wildman–Crippen MR) is 90.2 cm³/mol. The van der Waals surface area contributed by atoms with Crippen LogP contribution in [0.2, 0.25) is 0 Å². The number of ether oxygens (including phenoxy) is 2. The first-order valence-corrected chi connectivity index (χ1v) is 9.11. The Morgan fingerprint density at radius 1 is 1.18 bits per heavy atom. The van der Waals surface area contributed by atoms with Crippen molar-refractivity contribution in [2.24, 2.45) is 0 Å².